The first-order valence-electron chi connectivity index (χ1n) is 10.2. The summed E-state index contributed by atoms with van der Waals surface area (Å²) >= 11 is 12.2. The molecule has 0 aliphatic carbocycles. The first kappa shape index (κ1) is 23.6. The van der Waals surface area contributed by atoms with E-state index in [0.29, 0.717) is 11.1 Å². The Morgan fingerprint density at radius 3 is 2.61 bits per heavy atom. The Bertz CT molecular complexity index is 1610. The topological polar surface area (TPSA) is 113 Å². The van der Waals surface area contributed by atoms with Crippen molar-refractivity contribution in [3.63, 3.8) is 0 Å². The van der Waals surface area contributed by atoms with Gasteiger partial charge in [-0.3, -0.25) is 14.8 Å². The van der Waals surface area contributed by atoms with Crippen molar-refractivity contribution >= 4 is 68.3 Å². The van der Waals surface area contributed by atoms with E-state index in [0.717, 1.165) is 0 Å². The number of amides is 1. The van der Waals surface area contributed by atoms with E-state index >= 15 is 0 Å². The number of carbonyl (C=O) groups excluding carboxylic acids is 1. The minimum atomic E-state index is -3.13. The van der Waals surface area contributed by atoms with Crippen LogP contribution in [0.25, 0.3) is 21.9 Å². The molecule has 2 aromatic carbocycles. The van der Waals surface area contributed by atoms with Gasteiger partial charge in [-0.1, -0.05) is 23.2 Å². The number of ether oxygens (including phenoxy) is 1. The number of hydrogen-bond donors (Lipinski definition) is 1. The first-order chi connectivity index (χ1) is 17.3. The third kappa shape index (κ3) is 4.43. The van der Waals surface area contributed by atoms with Crippen molar-refractivity contribution in [2.45, 2.75) is 6.61 Å². The molecule has 0 spiro atoms. The molecule has 0 aliphatic rings. The van der Waals surface area contributed by atoms with Gasteiger partial charge in [-0.25, -0.2) is 0 Å². The Kier molecular flexibility index (Phi) is 6.21. The Morgan fingerprint density at radius 1 is 1.14 bits per heavy atom. The monoisotopic (exact) mass is 530 g/mol. The van der Waals surface area contributed by atoms with Crippen LogP contribution in [-0.4, -0.2) is 23.4 Å². The summed E-state index contributed by atoms with van der Waals surface area (Å²) in [6, 6.07) is 10.1. The summed E-state index contributed by atoms with van der Waals surface area (Å²) in [5.74, 6) is -1.48. The molecule has 0 bridgehead atoms. The Hall–Kier alpha value is -4.15. The average Bonchev–Trinajstić information content (AvgIpc) is 3.50. The van der Waals surface area contributed by atoms with Crippen LogP contribution in [0.2, 0.25) is 10.0 Å². The summed E-state index contributed by atoms with van der Waals surface area (Å²) in [7, 11) is 0. The molecule has 1 amide bonds. The van der Waals surface area contributed by atoms with Crippen LogP contribution in [0.4, 0.5) is 20.2 Å². The molecular formula is C24H12Cl2F2N3O5-. The summed E-state index contributed by atoms with van der Waals surface area (Å²) in [5, 5.41) is 16.5. The van der Waals surface area contributed by atoms with E-state index in [1.807, 2.05) is 0 Å². The molecule has 5 aromatic rings. The van der Waals surface area contributed by atoms with Crippen molar-refractivity contribution in [1.29, 1.82) is 0 Å². The van der Waals surface area contributed by atoms with Gasteiger partial charge in [0.2, 0.25) is 0 Å². The highest BCUT2D eigenvalue weighted by atomic mass is 35.5. The van der Waals surface area contributed by atoms with E-state index in [9.17, 15) is 18.7 Å². The largest absolute Gasteiger partial charge is 0.858 e. The van der Waals surface area contributed by atoms with Gasteiger partial charge in [-0.2, -0.15) is 8.78 Å². The van der Waals surface area contributed by atoms with Crippen LogP contribution >= 0.6 is 23.2 Å². The van der Waals surface area contributed by atoms with Crippen LogP contribution < -0.4 is 15.2 Å². The number of halogens is 4. The number of fused-ring (bicyclic) bond motifs is 3. The number of aliphatic imine (C=N–C) groups is 1. The number of aromatic nitrogens is 1. The van der Waals surface area contributed by atoms with E-state index in [1.165, 1.54) is 49.0 Å². The summed E-state index contributed by atoms with van der Waals surface area (Å²) in [6.45, 7) is -3.13. The molecule has 0 radical (unpaired) electrons. The van der Waals surface area contributed by atoms with Gasteiger partial charge < -0.3 is 24.0 Å². The predicted molar refractivity (Wildman–Crippen MR) is 127 cm³/mol. The zero-order chi connectivity index (χ0) is 25.4. The molecule has 0 saturated carbocycles. The molecule has 0 aliphatic heterocycles. The van der Waals surface area contributed by atoms with E-state index < -0.39 is 18.4 Å². The maximum Gasteiger partial charge on any atom is 0.387 e. The van der Waals surface area contributed by atoms with E-state index in [2.05, 4.69) is 20.0 Å². The standard InChI is InChI=1S/C24H13Cl2F2N3O5/c25-14-9-29-10-15(26)20(14)31-22(32)12-4-6-17(36-24(27)28)21-19(12)13-8-11(3-5-16(13)35-21)30-23(33)18-2-1-7-34-18/h1-10,24H,(H,30,33)(H,29,31,32)/p-1. The Labute approximate surface area is 210 Å². The third-order valence-electron chi connectivity index (χ3n) is 5.07. The second kappa shape index (κ2) is 9.48. The number of benzene rings is 2. The fourth-order valence-corrected chi connectivity index (χ4v) is 4.02. The maximum atomic E-state index is 13.2. The molecule has 0 unspecified atom stereocenters. The lowest BCUT2D eigenvalue weighted by atomic mass is 10.0. The normalized spacial score (nSPS) is 12.0. The number of furan rings is 2. The van der Waals surface area contributed by atoms with Crippen LogP contribution in [0.15, 0.2) is 74.9 Å². The van der Waals surface area contributed by atoms with Crippen molar-refractivity contribution in [3.8, 4) is 5.75 Å². The number of rotatable bonds is 6. The van der Waals surface area contributed by atoms with Crippen molar-refractivity contribution in [3.05, 3.63) is 82.5 Å². The third-order valence-corrected chi connectivity index (χ3v) is 5.63. The summed E-state index contributed by atoms with van der Waals surface area (Å²) in [4.78, 5) is 20.2. The molecule has 182 valence electrons. The molecule has 0 fully saturated rings. The highest BCUT2D eigenvalue weighted by molar-refractivity contribution is 6.38. The van der Waals surface area contributed by atoms with E-state index in [-0.39, 0.29) is 49.4 Å². The fourth-order valence-electron chi connectivity index (χ4n) is 3.57. The van der Waals surface area contributed by atoms with Crippen LogP contribution in [0.5, 0.6) is 5.75 Å². The van der Waals surface area contributed by atoms with Gasteiger partial charge >= 0.3 is 6.61 Å². The maximum absolute atomic E-state index is 13.2. The van der Waals surface area contributed by atoms with Crippen LogP contribution in [-0.2, 0) is 0 Å². The second-order valence-electron chi connectivity index (χ2n) is 7.31. The minimum absolute atomic E-state index is 0.00130. The Morgan fingerprint density at radius 2 is 1.92 bits per heavy atom. The quantitative estimate of drug-likeness (QED) is 0.207. The van der Waals surface area contributed by atoms with Crippen molar-refractivity contribution in [2.24, 2.45) is 4.99 Å². The lowest BCUT2D eigenvalue weighted by Crippen LogP contribution is -2.19. The fraction of sp³-hybridized carbons (Fsp3) is 0.0417. The van der Waals surface area contributed by atoms with Gasteiger partial charge in [0.15, 0.2) is 17.1 Å². The molecule has 1 N–H and O–H groups in total. The van der Waals surface area contributed by atoms with Gasteiger partial charge in [-0.05, 0) is 53.9 Å². The smallest absolute Gasteiger partial charge is 0.387 e. The number of pyridine rings is 1. The van der Waals surface area contributed by atoms with E-state index in [4.69, 9.17) is 32.0 Å². The second-order valence-corrected chi connectivity index (χ2v) is 8.12. The van der Waals surface area contributed by atoms with Gasteiger partial charge in [0.1, 0.15) is 11.3 Å². The number of hydrogen-bond acceptors (Lipinski definition) is 7. The summed E-state index contributed by atoms with van der Waals surface area (Å²) in [5.41, 5.74) is 0.484. The molecule has 0 atom stereocenters. The van der Waals surface area contributed by atoms with Crippen molar-refractivity contribution < 1.29 is 32.3 Å². The first-order valence-corrected chi connectivity index (χ1v) is 10.9. The van der Waals surface area contributed by atoms with E-state index in [1.54, 1.807) is 12.1 Å². The van der Waals surface area contributed by atoms with Gasteiger partial charge in [0.05, 0.1) is 16.3 Å². The van der Waals surface area contributed by atoms with Gasteiger partial charge in [0.25, 0.3) is 5.91 Å². The van der Waals surface area contributed by atoms with Crippen molar-refractivity contribution in [2.75, 3.05) is 5.32 Å². The zero-order valence-electron chi connectivity index (χ0n) is 17.8. The van der Waals surface area contributed by atoms with Crippen LogP contribution in [0.3, 0.4) is 0 Å². The summed E-state index contributed by atoms with van der Waals surface area (Å²) in [6.07, 6.45) is 3.90. The lowest BCUT2D eigenvalue weighted by Gasteiger charge is -2.15. The molecule has 0 saturated heterocycles. The predicted octanol–water partition coefficient (Wildman–Crippen LogP) is 6.17. The number of anilines is 1. The highest BCUT2D eigenvalue weighted by Crippen LogP contribution is 2.40. The van der Waals surface area contributed by atoms with Crippen LogP contribution in [0.1, 0.15) is 16.1 Å². The number of carbonyl (C=O) groups is 1. The average molecular weight is 531 g/mol. The molecule has 5 rings (SSSR count). The molecular weight excluding hydrogens is 519 g/mol. The summed E-state index contributed by atoms with van der Waals surface area (Å²) < 4.78 is 41.5. The molecule has 3 heterocycles. The SMILES string of the molecule is O=C(Nc1ccc2oc3c(OC(F)F)ccc(C([O-])=Nc4c(Cl)cncc4Cl)c3c2c1)c1ccco1. The van der Waals surface area contributed by atoms with Gasteiger partial charge in [0, 0.05) is 28.9 Å². The zero-order valence-corrected chi connectivity index (χ0v) is 19.3. The number of nitrogens with one attached hydrogen (secondary N) is 1. The lowest BCUT2D eigenvalue weighted by molar-refractivity contribution is -0.212. The van der Waals surface area contributed by atoms with Crippen LogP contribution in [0, 0.1) is 0 Å². The van der Waals surface area contributed by atoms with Crippen molar-refractivity contribution in [1.82, 2.24) is 4.98 Å². The number of nitrogens with zero attached hydrogens (tertiary/aromatic N) is 2. The molecule has 36 heavy (non-hydrogen) atoms. The highest BCUT2D eigenvalue weighted by Gasteiger charge is 2.20. The minimum Gasteiger partial charge on any atom is -0.858 e. The molecule has 12 heteroatoms. The Balaban J connectivity index is 1.68. The van der Waals surface area contributed by atoms with Gasteiger partial charge in [-0.15, -0.1) is 0 Å². The molecule has 3 aromatic heterocycles. The molecule has 8 nitrogen and oxygen atoms in total. The number of alkyl halides is 2.